The molecule has 13 heavy (non-hydrogen) atoms. The van der Waals surface area contributed by atoms with E-state index in [2.05, 4.69) is 22.1 Å². The first kappa shape index (κ1) is 10.1. The van der Waals surface area contributed by atoms with Crippen LogP contribution in [0, 0.1) is 0 Å². The fourth-order valence-corrected chi connectivity index (χ4v) is 0.923. The van der Waals surface area contributed by atoms with Crippen molar-refractivity contribution in [1.82, 2.24) is 10.2 Å². The van der Waals surface area contributed by atoms with E-state index in [0.29, 0.717) is 17.3 Å². The second-order valence-corrected chi connectivity index (χ2v) is 3.21. The fourth-order valence-electron chi connectivity index (χ4n) is 0.698. The second-order valence-electron chi connectivity index (χ2n) is 2.30. The lowest BCUT2D eigenvalue weighted by atomic mass is 10.4. The maximum Gasteiger partial charge on any atom is 0.285 e. The molecule has 0 saturated carbocycles. The molecule has 0 saturated heterocycles. The van der Waals surface area contributed by atoms with Gasteiger partial charge in [-0.05, 0) is 0 Å². The van der Waals surface area contributed by atoms with Gasteiger partial charge in [-0.1, -0.05) is 29.8 Å². The Kier molecular flexibility index (Phi) is 3.33. The Labute approximate surface area is 84.6 Å². The van der Waals surface area contributed by atoms with Gasteiger partial charge in [0.25, 0.3) is 5.56 Å². The summed E-state index contributed by atoms with van der Waals surface area (Å²) < 4.78 is 0. The van der Waals surface area contributed by atoms with E-state index < -0.39 is 5.56 Å². The molecule has 0 aliphatic heterocycles. The second kappa shape index (κ2) is 4.30. The van der Waals surface area contributed by atoms with E-state index in [0.717, 1.165) is 0 Å². The summed E-state index contributed by atoms with van der Waals surface area (Å²) in [6.45, 7) is 3.82. The zero-order chi connectivity index (χ0) is 9.84. The van der Waals surface area contributed by atoms with Gasteiger partial charge in [-0.3, -0.25) is 4.79 Å². The van der Waals surface area contributed by atoms with Crippen LogP contribution in [0.2, 0.25) is 5.02 Å². The molecular weight excluding hydrogens is 213 g/mol. The summed E-state index contributed by atoms with van der Waals surface area (Å²) in [6.07, 6.45) is 1.41. The highest BCUT2D eigenvalue weighted by molar-refractivity contribution is 6.33. The third kappa shape index (κ3) is 2.75. The molecule has 1 aromatic heterocycles. The first-order chi connectivity index (χ1) is 6.11. The van der Waals surface area contributed by atoms with Crippen LogP contribution < -0.4 is 10.9 Å². The molecule has 0 bridgehead atoms. The lowest BCUT2D eigenvalue weighted by Crippen LogP contribution is -2.12. The van der Waals surface area contributed by atoms with Gasteiger partial charge in [0.1, 0.15) is 5.02 Å². The highest BCUT2D eigenvalue weighted by Gasteiger charge is 2.03. The molecule has 0 aromatic carbocycles. The van der Waals surface area contributed by atoms with Gasteiger partial charge in [0.2, 0.25) is 0 Å². The summed E-state index contributed by atoms with van der Waals surface area (Å²) in [6, 6.07) is 0. The fraction of sp³-hybridized carbons (Fsp3) is 0.143. The van der Waals surface area contributed by atoms with Crippen molar-refractivity contribution < 1.29 is 0 Å². The molecule has 0 unspecified atom stereocenters. The van der Waals surface area contributed by atoms with Crippen LogP contribution in [0.3, 0.4) is 0 Å². The van der Waals surface area contributed by atoms with Crippen molar-refractivity contribution in [3.63, 3.8) is 0 Å². The van der Waals surface area contributed by atoms with Crippen molar-refractivity contribution in [1.29, 1.82) is 0 Å². The van der Waals surface area contributed by atoms with Crippen molar-refractivity contribution in [2.24, 2.45) is 0 Å². The normalized spacial score (nSPS) is 9.69. The van der Waals surface area contributed by atoms with Crippen LogP contribution in [0.25, 0.3) is 0 Å². The minimum absolute atomic E-state index is 0.0629. The van der Waals surface area contributed by atoms with Gasteiger partial charge in [-0.2, -0.15) is 5.10 Å². The maximum absolute atomic E-state index is 10.9. The molecule has 0 aliphatic carbocycles. The van der Waals surface area contributed by atoms with E-state index in [1.54, 1.807) is 0 Å². The van der Waals surface area contributed by atoms with Gasteiger partial charge >= 0.3 is 0 Å². The molecule has 0 spiro atoms. The van der Waals surface area contributed by atoms with Crippen molar-refractivity contribution in [2.45, 2.75) is 0 Å². The van der Waals surface area contributed by atoms with E-state index in [-0.39, 0.29) is 5.02 Å². The largest absolute Gasteiger partial charge is 0.377 e. The Morgan fingerprint density at radius 1 is 1.77 bits per heavy atom. The summed E-state index contributed by atoms with van der Waals surface area (Å²) in [5, 5.41) is 9.06. The van der Waals surface area contributed by atoms with Crippen molar-refractivity contribution in [2.75, 3.05) is 11.9 Å². The third-order valence-electron chi connectivity index (χ3n) is 1.27. The van der Waals surface area contributed by atoms with Gasteiger partial charge in [-0.15, -0.1) is 0 Å². The number of H-pyrrole nitrogens is 1. The quantitative estimate of drug-likeness (QED) is 0.813. The molecular formula is C7H7Cl2N3O. The van der Waals surface area contributed by atoms with Gasteiger partial charge in [0.15, 0.2) is 0 Å². The first-order valence-corrected chi connectivity index (χ1v) is 4.17. The zero-order valence-corrected chi connectivity index (χ0v) is 8.11. The van der Waals surface area contributed by atoms with Gasteiger partial charge in [0.05, 0.1) is 18.4 Å². The predicted octanol–water partition coefficient (Wildman–Crippen LogP) is 1.59. The van der Waals surface area contributed by atoms with Crippen LogP contribution in [0.1, 0.15) is 0 Å². The number of aromatic nitrogens is 2. The van der Waals surface area contributed by atoms with Crippen molar-refractivity contribution >= 4 is 28.9 Å². The van der Waals surface area contributed by atoms with Crippen LogP contribution >= 0.6 is 23.2 Å². The number of nitrogens with one attached hydrogen (secondary N) is 2. The number of hydrogen-bond acceptors (Lipinski definition) is 3. The molecule has 0 radical (unpaired) electrons. The maximum atomic E-state index is 10.9. The first-order valence-electron chi connectivity index (χ1n) is 3.41. The number of aromatic amines is 1. The molecule has 4 nitrogen and oxygen atoms in total. The average molecular weight is 220 g/mol. The summed E-state index contributed by atoms with van der Waals surface area (Å²) in [5.41, 5.74) is -0.000863. The van der Waals surface area contributed by atoms with E-state index in [1.165, 1.54) is 6.20 Å². The topological polar surface area (TPSA) is 57.8 Å². The molecule has 0 fully saturated rings. The molecule has 1 heterocycles. The monoisotopic (exact) mass is 219 g/mol. The number of anilines is 1. The molecule has 0 amide bonds. The summed E-state index contributed by atoms with van der Waals surface area (Å²) in [5.74, 6) is 0. The molecule has 2 N–H and O–H groups in total. The van der Waals surface area contributed by atoms with Crippen LogP contribution in [-0.2, 0) is 0 Å². The summed E-state index contributed by atoms with van der Waals surface area (Å²) >= 11 is 11.2. The Balaban J connectivity index is 2.83. The Morgan fingerprint density at radius 2 is 2.46 bits per heavy atom. The lowest BCUT2D eigenvalue weighted by molar-refractivity contribution is 0.987. The van der Waals surface area contributed by atoms with E-state index in [9.17, 15) is 4.79 Å². The minimum Gasteiger partial charge on any atom is -0.377 e. The number of nitrogens with zero attached hydrogens (tertiary/aromatic N) is 1. The third-order valence-corrected chi connectivity index (χ3v) is 1.78. The van der Waals surface area contributed by atoms with Gasteiger partial charge < -0.3 is 5.32 Å². The smallest absolute Gasteiger partial charge is 0.285 e. The van der Waals surface area contributed by atoms with Gasteiger partial charge in [-0.25, -0.2) is 5.10 Å². The molecule has 0 aliphatic rings. The molecule has 70 valence electrons. The Bertz CT molecular complexity index is 374. The summed E-state index contributed by atoms with van der Waals surface area (Å²) in [4.78, 5) is 10.9. The van der Waals surface area contributed by atoms with Crippen LogP contribution in [0.5, 0.6) is 0 Å². The zero-order valence-electron chi connectivity index (χ0n) is 6.60. The van der Waals surface area contributed by atoms with Crippen molar-refractivity contribution in [3.8, 4) is 0 Å². The molecule has 0 atom stereocenters. The average Bonchev–Trinajstić information content (AvgIpc) is 2.07. The lowest BCUT2D eigenvalue weighted by Gasteiger charge is -2.04. The molecule has 6 heteroatoms. The SMILES string of the molecule is C=C(Cl)CNc1cn[nH]c(=O)c1Cl. The number of hydrogen-bond donors (Lipinski definition) is 2. The highest BCUT2D eigenvalue weighted by atomic mass is 35.5. The van der Waals surface area contributed by atoms with Gasteiger partial charge in [0, 0.05) is 5.03 Å². The van der Waals surface area contributed by atoms with Crippen LogP contribution in [0.15, 0.2) is 22.6 Å². The van der Waals surface area contributed by atoms with Crippen LogP contribution in [-0.4, -0.2) is 16.7 Å². The van der Waals surface area contributed by atoms with Crippen molar-refractivity contribution in [3.05, 3.63) is 33.2 Å². The van der Waals surface area contributed by atoms with Crippen LogP contribution in [0.4, 0.5) is 5.69 Å². The minimum atomic E-state index is -0.438. The molecule has 1 aromatic rings. The standard InChI is InChI=1S/C7H7Cl2N3O/c1-4(8)2-10-5-3-11-12-7(13)6(5)9/h3H,1-2H2,(H2,10,12,13). The van der Waals surface area contributed by atoms with E-state index in [1.807, 2.05) is 0 Å². The molecule has 1 rings (SSSR count). The summed E-state index contributed by atoms with van der Waals surface area (Å²) in [7, 11) is 0. The predicted molar refractivity (Wildman–Crippen MR) is 53.4 cm³/mol. The number of rotatable bonds is 3. The highest BCUT2D eigenvalue weighted by Crippen LogP contribution is 2.14. The van der Waals surface area contributed by atoms with E-state index >= 15 is 0 Å². The Hall–Kier alpha value is -1.00. The number of halogens is 2. The van der Waals surface area contributed by atoms with E-state index in [4.69, 9.17) is 23.2 Å². The Morgan fingerprint density at radius 3 is 3.08 bits per heavy atom.